The van der Waals surface area contributed by atoms with Gasteiger partial charge in [0.2, 0.25) is 0 Å². The van der Waals surface area contributed by atoms with Crippen LogP contribution in [0.15, 0.2) is 47.1 Å². The van der Waals surface area contributed by atoms with E-state index in [9.17, 15) is 20.1 Å². The lowest BCUT2D eigenvalue weighted by molar-refractivity contribution is -0.340. The first kappa shape index (κ1) is 47.9. The average Bonchev–Trinajstić information content (AvgIpc) is 3.58. The number of allylic oxidation sites excluding steroid dienone is 2. The van der Waals surface area contributed by atoms with Crippen LogP contribution in [-0.2, 0) is 52.2 Å². The van der Waals surface area contributed by atoms with Crippen molar-refractivity contribution >= 4 is 5.97 Å². The van der Waals surface area contributed by atoms with Gasteiger partial charge in [-0.25, -0.2) is 0 Å². The summed E-state index contributed by atoms with van der Waals surface area (Å²) < 4.78 is 63.9. The van der Waals surface area contributed by atoms with E-state index in [2.05, 4.69) is 40.7 Å². The number of rotatable bonds is 8. The van der Waals surface area contributed by atoms with E-state index < -0.39 is 90.8 Å². The molecule has 7 rings (SSSR count). The Balaban J connectivity index is 1.18. The number of hydrogen-bond acceptors (Lipinski definition) is 14. The Labute approximate surface area is 368 Å². The fourth-order valence-electron chi connectivity index (χ4n) is 11.0. The molecule has 14 heteroatoms. The van der Waals surface area contributed by atoms with Crippen molar-refractivity contribution in [2.75, 3.05) is 20.8 Å². The Bertz CT molecular complexity index is 1680. The molecule has 0 aromatic heterocycles. The van der Waals surface area contributed by atoms with E-state index in [4.69, 9.17) is 47.4 Å². The quantitative estimate of drug-likeness (QED) is 0.204. The molecule has 0 aromatic rings. The molecule has 0 saturated carbocycles. The van der Waals surface area contributed by atoms with Crippen molar-refractivity contribution in [3.63, 3.8) is 0 Å². The molecule has 6 aliphatic heterocycles. The maximum absolute atomic E-state index is 14.4. The van der Waals surface area contributed by atoms with Gasteiger partial charge >= 0.3 is 5.97 Å². The fraction of sp³-hybridized carbons (Fsp3) is 0.812. The molecule has 2 bridgehead atoms. The standard InChI is InChI=1S/C48H74O14/c1-11-25(2)43-28(5)17-18-47(62-43)23-34-20-33(61-47)16-15-27(4)42(26(3)13-12-14-32-24-55-45-40(49)29(6)19-35(46(51)58-34)48(32,45)52)59-39-22-37(54-10)44(31(8)57-39)60-38-21-36(53-9)41(50)30(7)56-38/h12-15,19,25-26,28,30-31,33-45,49-50,52H,11,16-18,20-24H2,1-10H3/b13-12+,27-15+,32-14+/t25-,26-,28-,30-,31-,33+,34-,35?,36-,37-,38?,39-,40+,41-,42?,43?,44?,45+,47+,48+/m0/s1. The van der Waals surface area contributed by atoms with Crippen molar-refractivity contribution in [2.45, 2.75) is 204 Å². The molecule has 350 valence electrons. The van der Waals surface area contributed by atoms with Crippen molar-refractivity contribution in [1.82, 2.24) is 0 Å². The van der Waals surface area contributed by atoms with Crippen molar-refractivity contribution in [1.29, 1.82) is 0 Å². The first-order chi connectivity index (χ1) is 29.5. The normalized spacial score (nSPS) is 49.4. The van der Waals surface area contributed by atoms with E-state index in [1.165, 1.54) is 0 Å². The molecule has 0 radical (unpaired) electrons. The first-order valence-electron chi connectivity index (χ1n) is 23.2. The van der Waals surface area contributed by atoms with Crippen molar-refractivity contribution in [2.24, 2.45) is 23.7 Å². The molecule has 0 amide bonds. The highest BCUT2D eigenvalue weighted by Gasteiger charge is 2.60. The SMILES string of the molecule is CC[C@H](C)C1O[C@]2(CC[C@@H]1C)C[C@@H]1C[C@@H](C/C=C(\C)C(O[C@H]3C[C@H](OC)C(OC4C[C@H](OC)[C@@H](O)[C@H](C)O4)[C@H](C)O3)[C@@H](C)/C=C/C=C3\CO[C@@H]4[C@H](O)C(C)=CC(C(=O)O1)[C@]34O)O2. The van der Waals surface area contributed by atoms with E-state index in [0.29, 0.717) is 61.5 Å². The molecule has 3 N–H and O–H groups in total. The summed E-state index contributed by atoms with van der Waals surface area (Å²) in [5.41, 5.74) is 0.188. The minimum absolute atomic E-state index is 0.00708. The predicted octanol–water partition coefficient (Wildman–Crippen LogP) is 5.60. The van der Waals surface area contributed by atoms with Gasteiger partial charge in [-0.3, -0.25) is 4.79 Å². The molecule has 0 aromatic carbocycles. The Morgan fingerprint density at radius 2 is 1.63 bits per heavy atom. The summed E-state index contributed by atoms with van der Waals surface area (Å²) >= 11 is 0. The van der Waals surface area contributed by atoms with E-state index in [1.54, 1.807) is 40.2 Å². The number of esters is 1. The first-order valence-corrected chi connectivity index (χ1v) is 23.2. The van der Waals surface area contributed by atoms with Gasteiger partial charge in [0.25, 0.3) is 0 Å². The van der Waals surface area contributed by atoms with Gasteiger partial charge in [0.1, 0.15) is 42.0 Å². The summed E-state index contributed by atoms with van der Waals surface area (Å²) in [6.45, 7) is 16.3. The van der Waals surface area contributed by atoms with Crippen LogP contribution < -0.4 is 0 Å². The molecule has 1 spiro atoms. The fourth-order valence-corrected chi connectivity index (χ4v) is 11.0. The number of carbonyl (C=O) groups excluding carboxylic acids is 1. The molecule has 5 saturated heterocycles. The summed E-state index contributed by atoms with van der Waals surface area (Å²) in [4.78, 5) is 14.4. The second-order valence-electron chi connectivity index (χ2n) is 19.4. The van der Waals surface area contributed by atoms with Crippen LogP contribution in [0.1, 0.15) is 107 Å². The zero-order chi connectivity index (χ0) is 44.7. The zero-order valence-electron chi connectivity index (χ0n) is 38.5. The maximum atomic E-state index is 14.4. The molecule has 62 heavy (non-hydrogen) atoms. The third-order valence-electron chi connectivity index (χ3n) is 14.9. The number of aliphatic hydroxyl groups is 3. The number of hydrogen-bond donors (Lipinski definition) is 3. The van der Waals surface area contributed by atoms with Crippen LogP contribution >= 0.6 is 0 Å². The Kier molecular flexibility index (Phi) is 15.3. The molecule has 7 aliphatic rings. The van der Waals surface area contributed by atoms with E-state index in [0.717, 1.165) is 18.4 Å². The molecular weight excluding hydrogens is 801 g/mol. The summed E-state index contributed by atoms with van der Waals surface area (Å²) in [7, 11) is 3.23. The number of carbonyl (C=O) groups is 1. The van der Waals surface area contributed by atoms with Crippen molar-refractivity contribution in [3.05, 3.63) is 47.1 Å². The third-order valence-corrected chi connectivity index (χ3v) is 14.9. The number of methoxy groups -OCH3 is 2. The van der Waals surface area contributed by atoms with Crippen LogP contribution in [0.3, 0.4) is 0 Å². The van der Waals surface area contributed by atoms with E-state index in [-0.39, 0.29) is 30.8 Å². The van der Waals surface area contributed by atoms with Crippen LogP contribution in [0, 0.1) is 23.7 Å². The van der Waals surface area contributed by atoms with E-state index >= 15 is 0 Å². The van der Waals surface area contributed by atoms with Gasteiger partial charge in [-0.1, -0.05) is 64.5 Å². The van der Waals surface area contributed by atoms with Gasteiger partial charge in [0.15, 0.2) is 18.4 Å². The predicted molar refractivity (Wildman–Crippen MR) is 227 cm³/mol. The maximum Gasteiger partial charge on any atom is 0.316 e. The van der Waals surface area contributed by atoms with Crippen molar-refractivity contribution < 1.29 is 67.5 Å². The highest BCUT2D eigenvalue weighted by molar-refractivity contribution is 5.78. The van der Waals surface area contributed by atoms with Crippen LogP contribution in [0.2, 0.25) is 0 Å². The molecule has 5 fully saturated rings. The average molecular weight is 875 g/mol. The van der Waals surface area contributed by atoms with Gasteiger partial charge in [-0.15, -0.1) is 0 Å². The zero-order valence-corrected chi connectivity index (χ0v) is 38.5. The summed E-state index contributed by atoms with van der Waals surface area (Å²) in [5.74, 6) is -2.10. The molecule has 1 aliphatic carbocycles. The summed E-state index contributed by atoms with van der Waals surface area (Å²) in [6, 6.07) is 0. The van der Waals surface area contributed by atoms with Gasteiger partial charge in [0, 0.05) is 52.2 Å². The topological polar surface area (TPSA) is 170 Å². The van der Waals surface area contributed by atoms with Crippen molar-refractivity contribution in [3.8, 4) is 0 Å². The number of aliphatic hydroxyl groups excluding tert-OH is 2. The van der Waals surface area contributed by atoms with Gasteiger partial charge in [-0.2, -0.15) is 0 Å². The number of ether oxygens (including phenoxy) is 10. The Morgan fingerprint density at radius 3 is 2.35 bits per heavy atom. The third kappa shape index (κ3) is 9.73. The Morgan fingerprint density at radius 1 is 0.919 bits per heavy atom. The van der Waals surface area contributed by atoms with Crippen LogP contribution in [0.5, 0.6) is 0 Å². The lowest BCUT2D eigenvalue weighted by Crippen LogP contribution is -2.58. The lowest BCUT2D eigenvalue weighted by atomic mass is 9.71. The molecule has 20 atom stereocenters. The monoisotopic (exact) mass is 875 g/mol. The van der Waals surface area contributed by atoms with Gasteiger partial charge in [0.05, 0.1) is 49.3 Å². The van der Waals surface area contributed by atoms with Gasteiger partial charge in [-0.05, 0) is 69.1 Å². The highest BCUT2D eigenvalue weighted by atomic mass is 16.7. The number of fused-ring (bicyclic) bond motifs is 2. The minimum atomic E-state index is -1.82. The molecule has 6 heterocycles. The second-order valence-corrected chi connectivity index (χ2v) is 19.4. The largest absolute Gasteiger partial charge is 0.462 e. The Hall–Kier alpha value is -2.05. The molecular formula is C48H74O14. The van der Waals surface area contributed by atoms with Crippen LogP contribution in [0.25, 0.3) is 0 Å². The molecule has 5 unspecified atom stereocenters. The minimum Gasteiger partial charge on any atom is -0.462 e. The highest BCUT2D eigenvalue weighted by Crippen LogP contribution is 2.48. The second kappa shape index (κ2) is 19.8. The molecule has 14 nitrogen and oxygen atoms in total. The van der Waals surface area contributed by atoms with Gasteiger partial charge < -0.3 is 62.7 Å². The summed E-state index contributed by atoms with van der Waals surface area (Å²) in [6.07, 6.45) is 6.53. The van der Waals surface area contributed by atoms with Crippen LogP contribution in [-0.4, -0.2) is 139 Å². The van der Waals surface area contributed by atoms with E-state index in [1.807, 2.05) is 19.1 Å². The smallest absolute Gasteiger partial charge is 0.316 e. The summed E-state index contributed by atoms with van der Waals surface area (Å²) in [5, 5.41) is 34.2. The van der Waals surface area contributed by atoms with Crippen LogP contribution in [0.4, 0.5) is 0 Å². The lowest BCUT2D eigenvalue weighted by Gasteiger charge is -2.51.